The molecule has 7 heteroatoms. The van der Waals surface area contributed by atoms with Gasteiger partial charge in [0.2, 0.25) is 5.91 Å². The molecular weight excluding hydrogens is 436 g/mol. The molecule has 0 atom stereocenters. The van der Waals surface area contributed by atoms with Crippen LogP contribution in [0, 0.1) is 0 Å². The molecule has 2 aromatic heterocycles. The van der Waals surface area contributed by atoms with E-state index >= 15 is 0 Å². The summed E-state index contributed by atoms with van der Waals surface area (Å²) >= 11 is 3.46. The standard InChI is InChI=1S/C22H17BrN2O4/c1-13(9-22(26)24-21-7-8-29-25-21)16-10-17-18(14-3-5-15(23)6-4-14)12-28-20(17)11-19(16)27-2/h3-12H,1-2H3,(H,24,25,26)/b13-9+. The summed E-state index contributed by atoms with van der Waals surface area (Å²) in [5.41, 5.74) is 4.26. The third kappa shape index (κ3) is 3.95. The van der Waals surface area contributed by atoms with Crippen molar-refractivity contribution in [1.29, 1.82) is 0 Å². The van der Waals surface area contributed by atoms with E-state index in [1.165, 1.54) is 12.3 Å². The van der Waals surface area contributed by atoms with Gasteiger partial charge in [-0.15, -0.1) is 0 Å². The van der Waals surface area contributed by atoms with Crippen molar-refractivity contribution in [2.75, 3.05) is 12.4 Å². The molecule has 0 unspecified atom stereocenters. The maximum atomic E-state index is 12.3. The van der Waals surface area contributed by atoms with Gasteiger partial charge in [-0.25, -0.2) is 0 Å². The molecule has 0 aliphatic rings. The van der Waals surface area contributed by atoms with E-state index in [9.17, 15) is 4.79 Å². The lowest BCUT2D eigenvalue weighted by atomic mass is 9.99. The first-order valence-electron chi connectivity index (χ1n) is 8.80. The van der Waals surface area contributed by atoms with Crippen LogP contribution in [0.15, 0.2) is 74.5 Å². The number of benzene rings is 2. The van der Waals surface area contributed by atoms with Crippen molar-refractivity contribution in [2.24, 2.45) is 0 Å². The third-order valence-corrected chi connectivity index (χ3v) is 5.04. The first kappa shape index (κ1) is 19.0. The average molecular weight is 453 g/mol. The van der Waals surface area contributed by atoms with Crippen LogP contribution in [0.3, 0.4) is 0 Å². The fourth-order valence-corrected chi connectivity index (χ4v) is 3.36. The molecule has 0 spiro atoms. The second kappa shape index (κ2) is 7.97. The van der Waals surface area contributed by atoms with E-state index in [4.69, 9.17) is 13.7 Å². The Kier molecular flexibility index (Phi) is 5.22. The fraction of sp³-hybridized carbons (Fsp3) is 0.0909. The van der Waals surface area contributed by atoms with Crippen molar-refractivity contribution in [1.82, 2.24) is 5.16 Å². The highest BCUT2D eigenvalue weighted by Crippen LogP contribution is 2.37. The number of nitrogens with zero attached hydrogens (tertiary/aromatic N) is 1. The van der Waals surface area contributed by atoms with E-state index in [0.29, 0.717) is 17.2 Å². The van der Waals surface area contributed by atoms with Crippen molar-refractivity contribution in [2.45, 2.75) is 6.92 Å². The molecule has 1 N–H and O–H groups in total. The number of hydrogen-bond acceptors (Lipinski definition) is 5. The highest BCUT2D eigenvalue weighted by Gasteiger charge is 2.15. The number of anilines is 1. The number of halogens is 1. The molecule has 0 aliphatic heterocycles. The molecule has 0 aliphatic carbocycles. The molecule has 4 rings (SSSR count). The predicted octanol–water partition coefficient (Wildman–Crippen LogP) is 5.90. The largest absolute Gasteiger partial charge is 0.496 e. The number of methoxy groups -OCH3 is 1. The molecule has 0 saturated carbocycles. The second-order valence-electron chi connectivity index (χ2n) is 6.41. The summed E-state index contributed by atoms with van der Waals surface area (Å²) in [5, 5.41) is 7.27. The fourth-order valence-electron chi connectivity index (χ4n) is 3.10. The monoisotopic (exact) mass is 452 g/mol. The number of rotatable bonds is 5. The van der Waals surface area contributed by atoms with Crippen LogP contribution in [-0.2, 0) is 4.79 Å². The highest BCUT2D eigenvalue weighted by molar-refractivity contribution is 9.10. The van der Waals surface area contributed by atoms with Crippen molar-refractivity contribution in [3.8, 4) is 16.9 Å². The van der Waals surface area contributed by atoms with Gasteiger partial charge in [0.25, 0.3) is 0 Å². The maximum Gasteiger partial charge on any atom is 0.249 e. The van der Waals surface area contributed by atoms with E-state index in [1.54, 1.807) is 19.4 Å². The number of aromatic nitrogens is 1. The zero-order chi connectivity index (χ0) is 20.4. The molecule has 146 valence electrons. The van der Waals surface area contributed by atoms with Gasteiger partial charge in [-0.05, 0) is 36.3 Å². The van der Waals surface area contributed by atoms with Gasteiger partial charge in [-0.1, -0.05) is 33.2 Å². The molecule has 0 radical (unpaired) electrons. The lowest BCUT2D eigenvalue weighted by molar-refractivity contribution is -0.111. The summed E-state index contributed by atoms with van der Waals surface area (Å²) in [6.45, 7) is 1.85. The molecule has 1 amide bonds. The number of amides is 1. The van der Waals surface area contributed by atoms with Crippen LogP contribution in [0.1, 0.15) is 12.5 Å². The number of ether oxygens (including phenoxy) is 1. The Bertz CT molecular complexity index is 1190. The number of carbonyl (C=O) groups is 1. The average Bonchev–Trinajstić information content (AvgIpc) is 3.36. The Morgan fingerprint density at radius 3 is 2.69 bits per heavy atom. The minimum absolute atomic E-state index is 0.307. The summed E-state index contributed by atoms with van der Waals surface area (Å²) in [6, 6.07) is 13.4. The predicted molar refractivity (Wildman–Crippen MR) is 115 cm³/mol. The molecule has 2 heterocycles. The Balaban J connectivity index is 1.74. The molecule has 0 bridgehead atoms. The SMILES string of the molecule is COc1cc2occ(-c3ccc(Br)cc3)c2cc1/C(C)=C/C(=O)Nc1ccon1. The van der Waals surface area contributed by atoms with Gasteiger partial charge in [-0.3, -0.25) is 4.79 Å². The van der Waals surface area contributed by atoms with Crippen molar-refractivity contribution >= 4 is 44.2 Å². The summed E-state index contributed by atoms with van der Waals surface area (Å²) in [7, 11) is 1.59. The number of allylic oxidation sites excluding steroid dienone is 1. The molecular formula is C22H17BrN2O4. The van der Waals surface area contributed by atoms with Gasteiger partial charge in [-0.2, -0.15) is 0 Å². The van der Waals surface area contributed by atoms with Gasteiger partial charge < -0.3 is 19.0 Å². The smallest absolute Gasteiger partial charge is 0.249 e. The third-order valence-electron chi connectivity index (χ3n) is 4.51. The quantitative estimate of drug-likeness (QED) is 0.381. The normalized spacial score (nSPS) is 11.6. The summed E-state index contributed by atoms with van der Waals surface area (Å²) < 4.78 is 17.0. The topological polar surface area (TPSA) is 77.5 Å². The number of nitrogens with one attached hydrogen (secondary N) is 1. The van der Waals surface area contributed by atoms with Gasteiger partial charge in [0.1, 0.15) is 17.6 Å². The summed E-state index contributed by atoms with van der Waals surface area (Å²) in [5.74, 6) is 0.671. The molecule has 6 nitrogen and oxygen atoms in total. The number of hydrogen-bond donors (Lipinski definition) is 1. The lowest BCUT2D eigenvalue weighted by Crippen LogP contribution is -2.08. The number of fused-ring (bicyclic) bond motifs is 1. The van der Waals surface area contributed by atoms with E-state index in [2.05, 4.69) is 26.4 Å². The van der Waals surface area contributed by atoms with E-state index in [0.717, 1.165) is 32.1 Å². The minimum Gasteiger partial charge on any atom is -0.496 e. The number of carbonyl (C=O) groups excluding carboxylic acids is 1. The van der Waals surface area contributed by atoms with Gasteiger partial charge >= 0.3 is 0 Å². The van der Waals surface area contributed by atoms with Crippen LogP contribution in [0.5, 0.6) is 5.75 Å². The first-order chi connectivity index (χ1) is 14.0. The van der Waals surface area contributed by atoms with Gasteiger partial charge in [0, 0.05) is 39.2 Å². The summed E-state index contributed by atoms with van der Waals surface area (Å²) in [6.07, 6.45) is 4.62. The zero-order valence-electron chi connectivity index (χ0n) is 15.7. The lowest BCUT2D eigenvalue weighted by Gasteiger charge is -2.10. The summed E-state index contributed by atoms with van der Waals surface area (Å²) in [4.78, 5) is 12.3. The van der Waals surface area contributed by atoms with E-state index < -0.39 is 0 Å². The Morgan fingerprint density at radius 2 is 2.00 bits per heavy atom. The van der Waals surface area contributed by atoms with Crippen LogP contribution >= 0.6 is 15.9 Å². The molecule has 0 fully saturated rings. The van der Waals surface area contributed by atoms with E-state index in [-0.39, 0.29) is 5.91 Å². The van der Waals surface area contributed by atoms with Crippen molar-refractivity contribution in [3.05, 3.63) is 71.1 Å². The van der Waals surface area contributed by atoms with Crippen LogP contribution in [0.2, 0.25) is 0 Å². The van der Waals surface area contributed by atoms with Gasteiger partial charge in [0.15, 0.2) is 5.82 Å². The van der Waals surface area contributed by atoms with Crippen molar-refractivity contribution < 1.29 is 18.5 Å². The van der Waals surface area contributed by atoms with Crippen LogP contribution < -0.4 is 10.1 Å². The van der Waals surface area contributed by atoms with Crippen molar-refractivity contribution in [3.63, 3.8) is 0 Å². The molecule has 29 heavy (non-hydrogen) atoms. The molecule has 4 aromatic rings. The first-order valence-corrected chi connectivity index (χ1v) is 9.59. The molecule has 2 aromatic carbocycles. The second-order valence-corrected chi connectivity index (χ2v) is 7.32. The highest BCUT2D eigenvalue weighted by atomic mass is 79.9. The number of furan rings is 1. The maximum absolute atomic E-state index is 12.3. The van der Waals surface area contributed by atoms with E-state index in [1.807, 2.05) is 43.3 Å². The van der Waals surface area contributed by atoms with Crippen LogP contribution in [0.4, 0.5) is 5.82 Å². The van der Waals surface area contributed by atoms with Crippen LogP contribution in [0.25, 0.3) is 27.7 Å². The zero-order valence-corrected chi connectivity index (χ0v) is 17.3. The van der Waals surface area contributed by atoms with Gasteiger partial charge in [0.05, 0.1) is 13.4 Å². The minimum atomic E-state index is -0.307. The molecule has 0 saturated heterocycles. The Morgan fingerprint density at radius 1 is 1.21 bits per heavy atom. The Labute approximate surface area is 175 Å². The van der Waals surface area contributed by atoms with Crippen LogP contribution in [-0.4, -0.2) is 18.2 Å². The Hall–Kier alpha value is -3.32.